The van der Waals surface area contributed by atoms with Crippen molar-refractivity contribution >= 4 is 108 Å². The van der Waals surface area contributed by atoms with Gasteiger partial charge in [0.1, 0.15) is 0 Å². The lowest BCUT2D eigenvalue weighted by atomic mass is 10.1. The van der Waals surface area contributed by atoms with Gasteiger partial charge in [0.05, 0.1) is 0 Å². The molecule has 0 atom stereocenters. The first-order chi connectivity index (χ1) is 28.2. The maximum atomic E-state index is 2.42. The summed E-state index contributed by atoms with van der Waals surface area (Å²) in [7, 11) is 0. The summed E-state index contributed by atoms with van der Waals surface area (Å²) in [6.45, 7) is 0. The molecule has 0 spiro atoms. The van der Waals surface area contributed by atoms with Crippen molar-refractivity contribution in [3.8, 4) is 20.9 Å². The highest BCUT2D eigenvalue weighted by Crippen LogP contribution is 2.45. The Labute approximate surface area is 343 Å². The maximum absolute atomic E-state index is 2.42. The summed E-state index contributed by atoms with van der Waals surface area (Å²) in [4.78, 5) is 7.20. The van der Waals surface area contributed by atoms with Crippen molar-refractivity contribution in [2.75, 3.05) is 9.80 Å². The number of thiophene rings is 3. The first kappa shape index (κ1) is 33.8. The summed E-state index contributed by atoms with van der Waals surface area (Å²) < 4.78 is 5.33. The molecule has 0 aliphatic carbocycles. The van der Waals surface area contributed by atoms with Gasteiger partial charge in [-0.15, -0.1) is 34.0 Å². The van der Waals surface area contributed by atoms with E-state index in [1.807, 2.05) is 34.0 Å². The van der Waals surface area contributed by atoms with E-state index in [2.05, 4.69) is 216 Å². The molecule has 0 aliphatic heterocycles. The van der Waals surface area contributed by atoms with Crippen molar-refractivity contribution in [1.29, 1.82) is 0 Å². The lowest BCUT2D eigenvalue weighted by molar-refractivity contribution is 1.28. The number of rotatable bonds is 8. The van der Waals surface area contributed by atoms with Crippen LogP contribution in [0, 0.1) is 0 Å². The molecule has 0 bridgehead atoms. The summed E-state index contributed by atoms with van der Waals surface area (Å²) in [6.07, 6.45) is 0. The molecule has 5 heteroatoms. The van der Waals surface area contributed by atoms with E-state index in [9.17, 15) is 0 Å². The number of hydrogen-bond acceptors (Lipinski definition) is 5. The SMILES string of the molecule is c1ccc(N(c2ccccc2)c2ccc(-c3cc4cc5sc6cc7cc(-c8ccc(N(c9ccccc9)c9ccccc9)cc8)sc7cc6c5cc4s3)cc2)cc1. The zero-order valence-corrected chi connectivity index (χ0v) is 33.2. The van der Waals surface area contributed by atoms with Crippen LogP contribution in [-0.4, -0.2) is 0 Å². The molecule has 0 saturated heterocycles. The zero-order chi connectivity index (χ0) is 37.7. The summed E-state index contributed by atoms with van der Waals surface area (Å²) >= 11 is 5.66. The van der Waals surface area contributed by atoms with Gasteiger partial charge in [-0.05, 0) is 131 Å². The molecule has 2 nitrogen and oxygen atoms in total. The van der Waals surface area contributed by atoms with Gasteiger partial charge in [0.15, 0.2) is 0 Å². The Morgan fingerprint density at radius 1 is 0.263 bits per heavy atom. The molecule has 0 aliphatic rings. The van der Waals surface area contributed by atoms with E-state index in [-0.39, 0.29) is 0 Å². The number of anilines is 6. The first-order valence-corrected chi connectivity index (χ1v) is 21.5. The number of fused-ring (bicyclic) bond motifs is 5. The molecule has 3 aromatic heterocycles. The molecule has 0 fully saturated rings. The fraction of sp³-hybridized carbons (Fsp3) is 0. The van der Waals surface area contributed by atoms with Crippen LogP contribution in [0.4, 0.5) is 34.1 Å². The molecule has 57 heavy (non-hydrogen) atoms. The molecule has 8 aromatic carbocycles. The lowest BCUT2D eigenvalue weighted by Gasteiger charge is -2.25. The standard InChI is InChI=1S/C52H34N2S3/c1-5-13-39(14-6-1)53(40-15-7-2-8-16-40)43-25-21-35(22-26-43)47-29-37-31-51-45(33-49(37)55-47)46-34-50-38(32-52(46)57-51)30-48(56-50)36-23-27-44(28-24-36)54(41-17-9-3-10-18-41)42-19-11-4-12-20-42/h1-34H. The van der Waals surface area contributed by atoms with E-state index in [0.29, 0.717) is 0 Å². The van der Waals surface area contributed by atoms with Gasteiger partial charge in [-0.2, -0.15) is 0 Å². The Bertz CT molecular complexity index is 2860. The van der Waals surface area contributed by atoms with Crippen molar-refractivity contribution in [3.05, 3.63) is 206 Å². The molecule has 270 valence electrons. The molecule has 11 aromatic rings. The van der Waals surface area contributed by atoms with Crippen molar-refractivity contribution < 1.29 is 0 Å². The maximum Gasteiger partial charge on any atom is 0.0462 e. The summed E-state index contributed by atoms with van der Waals surface area (Å²) in [5.74, 6) is 0. The zero-order valence-electron chi connectivity index (χ0n) is 30.7. The van der Waals surface area contributed by atoms with Crippen molar-refractivity contribution in [1.82, 2.24) is 0 Å². The van der Waals surface area contributed by atoms with Gasteiger partial charge in [0, 0.05) is 73.5 Å². The Morgan fingerprint density at radius 2 is 0.579 bits per heavy atom. The monoisotopic (exact) mass is 782 g/mol. The molecule has 0 unspecified atom stereocenters. The van der Waals surface area contributed by atoms with E-state index < -0.39 is 0 Å². The third-order valence-electron chi connectivity index (χ3n) is 10.6. The van der Waals surface area contributed by atoms with Gasteiger partial charge in [-0.25, -0.2) is 0 Å². The molecule has 0 radical (unpaired) electrons. The van der Waals surface area contributed by atoms with E-state index in [1.165, 1.54) is 61.2 Å². The van der Waals surface area contributed by atoms with Crippen LogP contribution in [0.3, 0.4) is 0 Å². The van der Waals surface area contributed by atoms with Crippen LogP contribution in [0.1, 0.15) is 0 Å². The quantitative estimate of drug-likeness (QED) is 0.151. The normalized spacial score (nSPS) is 11.5. The van der Waals surface area contributed by atoms with Gasteiger partial charge in [0.2, 0.25) is 0 Å². The predicted octanol–water partition coefficient (Wildman–Crippen LogP) is 16.8. The topological polar surface area (TPSA) is 6.48 Å². The molecule has 0 saturated carbocycles. The average Bonchev–Trinajstić information content (AvgIpc) is 3.98. The minimum atomic E-state index is 1.14. The molecule has 11 rings (SSSR count). The van der Waals surface area contributed by atoms with E-state index in [1.54, 1.807) is 0 Å². The summed E-state index contributed by atoms with van der Waals surface area (Å²) in [5.41, 5.74) is 9.33. The van der Waals surface area contributed by atoms with Crippen LogP contribution < -0.4 is 9.80 Å². The fourth-order valence-corrected chi connectivity index (χ4v) is 11.2. The summed E-state index contributed by atoms with van der Waals surface area (Å²) in [6, 6.07) is 74.7. The molecule has 0 N–H and O–H groups in total. The van der Waals surface area contributed by atoms with E-state index in [0.717, 1.165) is 34.1 Å². The first-order valence-electron chi connectivity index (χ1n) is 19.1. The Kier molecular flexibility index (Phi) is 8.43. The van der Waals surface area contributed by atoms with Crippen LogP contribution >= 0.6 is 34.0 Å². The van der Waals surface area contributed by atoms with Crippen molar-refractivity contribution in [2.45, 2.75) is 0 Å². The smallest absolute Gasteiger partial charge is 0.0462 e. The highest BCUT2D eigenvalue weighted by molar-refractivity contribution is 7.27. The minimum absolute atomic E-state index is 1.14. The second-order valence-corrected chi connectivity index (χ2v) is 17.5. The molecular formula is C52H34N2S3. The minimum Gasteiger partial charge on any atom is -0.311 e. The van der Waals surface area contributed by atoms with Gasteiger partial charge in [-0.1, -0.05) is 97.1 Å². The Balaban J connectivity index is 0.898. The second kappa shape index (κ2) is 14.2. The number of hydrogen-bond donors (Lipinski definition) is 0. The second-order valence-electron chi connectivity index (χ2n) is 14.2. The van der Waals surface area contributed by atoms with Crippen molar-refractivity contribution in [2.24, 2.45) is 0 Å². The van der Waals surface area contributed by atoms with Gasteiger partial charge < -0.3 is 9.80 Å². The highest BCUT2D eigenvalue weighted by atomic mass is 32.1. The van der Waals surface area contributed by atoms with Crippen LogP contribution in [0.5, 0.6) is 0 Å². The number of benzene rings is 8. The molecular weight excluding hydrogens is 749 g/mol. The van der Waals surface area contributed by atoms with Crippen LogP contribution in [0.25, 0.3) is 61.2 Å². The van der Waals surface area contributed by atoms with E-state index >= 15 is 0 Å². The third kappa shape index (κ3) is 6.27. The lowest BCUT2D eigenvalue weighted by Crippen LogP contribution is -2.09. The third-order valence-corrected chi connectivity index (χ3v) is 14.0. The van der Waals surface area contributed by atoms with Gasteiger partial charge in [0.25, 0.3) is 0 Å². The molecule has 0 amide bonds. The average molecular weight is 783 g/mol. The van der Waals surface area contributed by atoms with Crippen molar-refractivity contribution in [3.63, 3.8) is 0 Å². The summed E-state index contributed by atoms with van der Waals surface area (Å²) in [5, 5.41) is 5.30. The van der Waals surface area contributed by atoms with Crippen LogP contribution in [0.2, 0.25) is 0 Å². The Morgan fingerprint density at radius 3 is 0.912 bits per heavy atom. The van der Waals surface area contributed by atoms with Gasteiger partial charge in [-0.3, -0.25) is 0 Å². The fourth-order valence-electron chi connectivity index (χ4n) is 7.88. The molecule has 3 heterocycles. The number of para-hydroxylation sites is 4. The van der Waals surface area contributed by atoms with Crippen LogP contribution in [-0.2, 0) is 0 Å². The van der Waals surface area contributed by atoms with Crippen LogP contribution in [0.15, 0.2) is 206 Å². The van der Waals surface area contributed by atoms with E-state index in [4.69, 9.17) is 0 Å². The predicted molar refractivity (Wildman–Crippen MR) is 250 cm³/mol. The number of nitrogens with zero attached hydrogens (tertiary/aromatic N) is 2. The Hall–Kier alpha value is -6.50. The largest absolute Gasteiger partial charge is 0.311 e. The highest BCUT2D eigenvalue weighted by Gasteiger charge is 2.16. The van der Waals surface area contributed by atoms with Gasteiger partial charge >= 0.3 is 0 Å².